The van der Waals surface area contributed by atoms with Crippen molar-refractivity contribution in [3.05, 3.63) is 24.4 Å². The molecule has 0 saturated carbocycles. The predicted molar refractivity (Wildman–Crippen MR) is 106 cm³/mol. The summed E-state index contributed by atoms with van der Waals surface area (Å²) >= 11 is 0. The normalized spacial score (nSPS) is 17.8. The van der Waals surface area contributed by atoms with Gasteiger partial charge in [0, 0.05) is 45.3 Å². The van der Waals surface area contributed by atoms with Gasteiger partial charge in [-0.2, -0.15) is 0 Å². The number of hydrogen-bond acceptors (Lipinski definition) is 4. The van der Waals surface area contributed by atoms with Crippen LogP contribution in [0.5, 0.6) is 0 Å². The summed E-state index contributed by atoms with van der Waals surface area (Å²) in [6, 6.07) is 5.86. The second kappa shape index (κ2) is 11.3. The number of likely N-dealkylation sites (tertiary alicyclic amines) is 1. The number of nitrogens with zero attached hydrogens (tertiary/aromatic N) is 3. The monoisotopic (exact) mass is 360 g/mol. The number of rotatable bonds is 9. The number of aliphatic imine (C=N–C) groups is 1. The summed E-state index contributed by atoms with van der Waals surface area (Å²) in [5.41, 5.74) is 5.36. The smallest absolute Gasteiger partial charge is 0.217 e. The van der Waals surface area contributed by atoms with E-state index < -0.39 is 0 Å². The first-order valence-corrected chi connectivity index (χ1v) is 9.65. The van der Waals surface area contributed by atoms with E-state index in [0.717, 1.165) is 70.2 Å². The fourth-order valence-electron chi connectivity index (χ4n) is 3.24. The molecule has 1 aromatic rings. The van der Waals surface area contributed by atoms with E-state index >= 15 is 0 Å². The van der Waals surface area contributed by atoms with E-state index in [-0.39, 0.29) is 5.91 Å². The van der Waals surface area contributed by atoms with Crippen LogP contribution in [0.4, 0.5) is 5.82 Å². The molecule has 0 spiro atoms. The van der Waals surface area contributed by atoms with Gasteiger partial charge < -0.3 is 21.3 Å². The molecule has 1 amide bonds. The van der Waals surface area contributed by atoms with Crippen LogP contribution in [-0.4, -0.2) is 54.5 Å². The molecule has 7 nitrogen and oxygen atoms in total. The third-order valence-electron chi connectivity index (χ3n) is 4.46. The molecule has 1 aliphatic heterocycles. The van der Waals surface area contributed by atoms with Crippen LogP contribution in [0, 0.1) is 5.92 Å². The molecule has 0 radical (unpaired) electrons. The lowest BCUT2D eigenvalue weighted by Crippen LogP contribution is -2.47. The van der Waals surface area contributed by atoms with Crippen molar-refractivity contribution in [1.29, 1.82) is 0 Å². The first kappa shape index (κ1) is 20.0. The number of unbranched alkanes of at least 4 members (excludes halogenated alkanes) is 1. The largest absolute Gasteiger partial charge is 0.370 e. The summed E-state index contributed by atoms with van der Waals surface area (Å²) in [6.45, 7) is 6.46. The molecule has 2 heterocycles. The number of nitrogens with one attached hydrogen (secondary N) is 2. The Bertz CT molecular complexity index is 562. The Balaban J connectivity index is 1.74. The van der Waals surface area contributed by atoms with Gasteiger partial charge in [-0.25, -0.2) is 4.98 Å². The van der Waals surface area contributed by atoms with Gasteiger partial charge in [-0.05, 0) is 50.7 Å². The molecular formula is C19H32N6O. The number of amides is 1. The molecule has 0 aliphatic carbocycles. The van der Waals surface area contributed by atoms with E-state index in [0.29, 0.717) is 12.3 Å². The minimum atomic E-state index is -0.209. The molecule has 0 bridgehead atoms. The van der Waals surface area contributed by atoms with Crippen LogP contribution in [0.15, 0.2) is 29.4 Å². The number of carbonyl (C=O) groups is 1. The van der Waals surface area contributed by atoms with Crippen LogP contribution in [-0.2, 0) is 4.79 Å². The van der Waals surface area contributed by atoms with Gasteiger partial charge in [0.2, 0.25) is 5.91 Å². The van der Waals surface area contributed by atoms with E-state index in [4.69, 9.17) is 10.7 Å². The van der Waals surface area contributed by atoms with Gasteiger partial charge in [0.25, 0.3) is 0 Å². The lowest BCUT2D eigenvalue weighted by molar-refractivity contribution is -0.119. The highest BCUT2D eigenvalue weighted by atomic mass is 16.1. The average Bonchev–Trinajstić information content (AvgIpc) is 2.64. The third kappa shape index (κ3) is 7.29. The summed E-state index contributed by atoms with van der Waals surface area (Å²) in [7, 11) is 0. The SMILES string of the molecule is CCNC(=NCCCCNc1ccccn1)N1CCCC(CC(N)=O)C1. The van der Waals surface area contributed by atoms with E-state index in [1.165, 1.54) is 0 Å². The topological polar surface area (TPSA) is 95.6 Å². The lowest BCUT2D eigenvalue weighted by Gasteiger charge is -2.34. The quantitative estimate of drug-likeness (QED) is 0.355. The molecule has 0 aromatic carbocycles. The van der Waals surface area contributed by atoms with Gasteiger partial charge in [-0.15, -0.1) is 0 Å². The van der Waals surface area contributed by atoms with Crippen LogP contribution in [0.25, 0.3) is 0 Å². The number of guanidine groups is 1. The summed E-state index contributed by atoms with van der Waals surface area (Å²) in [4.78, 5) is 22.5. The maximum Gasteiger partial charge on any atom is 0.217 e. The number of nitrogens with two attached hydrogens (primary N) is 1. The molecule has 2 rings (SSSR count). The van der Waals surface area contributed by atoms with Gasteiger partial charge in [-0.1, -0.05) is 6.07 Å². The fourth-order valence-corrected chi connectivity index (χ4v) is 3.24. The Morgan fingerprint density at radius 1 is 1.42 bits per heavy atom. The van der Waals surface area contributed by atoms with Crippen molar-refractivity contribution >= 4 is 17.7 Å². The third-order valence-corrected chi connectivity index (χ3v) is 4.46. The molecule has 1 unspecified atom stereocenters. The second-order valence-electron chi connectivity index (χ2n) is 6.71. The van der Waals surface area contributed by atoms with Crippen LogP contribution in [0.3, 0.4) is 0 Å². The van der Waals surface area contributed by atoms with Gasteiger partial charge in [-0.3, -0.25) is 9.79 Å². The maximum absolute atomic E-state index is 11.2. The fraction of sp³-hybridized carbons (Fsp3) is 0.632. The molecule has 1 atom stereocenters. The minimum absolute atomic E-state index is 0.209. The zero-order valence-electron chi connectivity index (χ0n) is 15.8. The Morgan fingerprint density at radius 3 is 3.04 bits per heavy atom. The van der Waals surface area contributed by atoms with Gasteiger partial charge in [0.1, 0.15) is 5.82 Å². The highest BCUT2D eigenvalue weighted by Crippen LogP contribution is 2.19. The van der Waals surface area contributed by atoms with Crippen LogP contribution in [0.2, 0.25) is 0 Å². The van der Waals surface area contributed by atoms with Crippen LogP contribution in [0.1, 0.15) is 39.0 Å². The lowest BCUT2D eigenvalue weighted by atomic mass is 9.95. The highest BCUT2D eigenvalue weighted by Gasteiger charge is 2.23. The summed E-state index contributed by atoms with van der Waals surface area (Å²) in [6.07, 6.45) is 6.47. The molecule has 1 aromatic heterocycles. The Morgan fingerprint density at radius 2 is 2.31 bits per heavy atom. The average molecular weight is 361 g/mol. The maximum atomic E-state index is 11.2. The number of aromatic nitrogens is 1. The van der Waals surface area contributed by atoms with Crippen molar-refractivity contribution in [2.45, 2.75) is 39.0 Å². The predicted octanol–water partition coefficient (Wildman–Crippen LogP) is 1.83. The van der Waals surface area contributed by atoms with Crippen molar-refractivity contribution in [2.24, 2.45) is 16.6 Å². The van der Waals surface area contributed by atoms with Crippen molar-refractivity contribution in [3.8, 4) is 0 Å². The zero-order chi connectivity index (χ0) is 18.6. The minimum Gasteiger partial charge on any atom is -0.370 e. The van der Waals surface area contributed by atoms with E-state index in [1.54, 1.807) is 6.20 Å². The molecule has 26 heavy (non-hydrogen) atoms. The zero-order valence-corrected chi connectivity index (χ0v) is 15.8. The Labute approximate surface area is 156 Å². The van der Waals surface area contributed by atoms with E-state index in [2.05, 4.69) is 27.4 Å². The highest BCUT2D eigenvalue weighted by molar-refractivity contribution is 5.80. The molecule has 1 aliphatic rings. The number of hydrogen-bond donors (Lipinski definition) is 3. The van der Waals surface area contributed by atoms with Gasteiger partial charge in [0.15, 0.2) is 5.96 Å². The molecule has 4 N–H and O–H groups in total. The molecular weight excluding hydrogens is 328 g/mol. The van der Waals surface area contributed by atoms with Crippen molar-refractivity contribution in [3.63, 3.8) is 0 Å². The first-order chi connectivity index (χ1) is 12.7. The standard InChI is InChI=1S/C19H32N6O/c1-2-21-19(25-13-7-8-16(15-25)14-17(20)26)24-12-6-5-11-23-18-9-3-4-10-22-18/h3-4,9-10,16H,2,5-8,11-15H2,1H3,(H2,20,26)(H,21,24)(H,22,23). The molecule has 144 valence electrons. The molecule has 1 fully saturated rings. The summed E-state index contributed by atoms with van der Waals surface area (Å²) < 4.78 is 0. The molecule has 7 heteroatoms. The van der Waals surface area contributed by atoms with Crippen LogP contribution >= 0.6 is 0 Å². The van der Waals surface area contributed by atoms with E-state index in [9.17, 15) is 4.79 Å². The number of pyridine rings is 1. The van der Waals surface area contributed by atoms with E-state index in [1.807, 2.05) is 18.2 Å². The number of carbonyl (C=O) groups excluding carboxylic acids is 1. The van der Waals surface area contributed by atoms with Gasteiger partial charge in [0.05, 0.1) is 0 Å². The van der Waals surface area contributed by atoms with Gasteiger partial charge >= 0.3 is 0 Å². The number of primary amides is 1. The first-order valence-electron chi connectivity index (χ1n) is 9.65. The second-order valence-corrected chi connectivity index (χ2v) is 6.71. The van der Waals surface area contributed by atoms with Crippen LogP contribution < -0.4 is 16.4 Å². The van der Waals surface area contributed by atoms with Crippen molar-refractivity contribution < 1.29 is 4.79 Å². The Hall–Kier alpha value is -2.31. The summed E-state index contributed by atoms with van der Waals surface area (Å²) in [5.74, 6) is 2.00. The number of anilines is 1. The molecule has 1 saturated heterocycles. The Kier molecular flexibility index (Phi) is 8.72. The summed E-state index contributed by atoms with van der Waals surface area (Å²) in [5, 5.41) is 6.69. The van der Waals surface area contributed by atoms with Crippen molar-refractivity contribution in [1.82, 2.24) is 15.2 Å². The van der Waals surface area contributed by atoms with Crippen molar-refractivity contribution in [2.75, 3.05) is 38.0 Å². The number of piperidine rings is 1.